The van der Waals surface area contributed by atoms with Crippen LogP contribution in [0.2, 0.25) is 0 Å². The highest BCUT2D eigenvalue weighted by Crippen LogP contribution is 2.11. The summed E-state index contributed by atoms with van der Waals surface area (Å²) >= 11 is 0. The molecule has 6 heteroatoms. The number of carbonyl (C=O) groups excluding carboxylic acids is 2. The van der Waals surface area contributed by atoms with Gasteiger partial charge in [0.1, 0.15) is 0 Å². The smallest absolute Gasteiger partial charge is 0.269 e. The summed E-state index contributed by atoms with van der Waals surface area (Å²) in [6.45, 7) is 1.21. The van der Waals surface area contributed by atoms with E-state index in [0.29, 0.717) is 0 Å². The third-order valence-corrected chi connectivity index (χ3v) is 1.63. The third kappa shape index (κ3) is 2.87. The number of hydrogen-bond acceptors (Lipinski definition) is 4. The summed E-state index contributed by atoms with van der Waals surface area (Å²) in [7, 11) is 0. The van der Waals surface area contributed by atoms with Crippen molar-refractivity contribution < 1.29 is 14.5 Å². The van der Waals surface area contributed by atoms with Gasteiger partial charge in [-0.1, -0.05) is 0 Å². The summed E-state index contributed by atoms with van der Waals surface area (Å²) in [6, 6.07) is 4.98. The van der Waals surface area contributed by atoms with Crippen molar-refractivity contribution in [1.29, 1.82) is 0 Å². The molecule has 0 saturated heterocycles. The van der Waals surface area contributed by atoms with Crippen LogP contribution in [-0.2, 0) is 4.79 Å². The van der Waals surface area contributed by atoms with Gasteiger partial charge >= 0.3 is 0 Å². The minimum Gasteiger partial charge on any atom is -0.293 e. The first kappa shape index (κ1) is 10.8. The van der Waals surface area contributed by atoms with Crippen LogP contribution in [0.4, 0.5) is 5.69 Å². The minimum atomic E-state index is -0.572. The molecule has 2 amide bonds. The van der Waals surface area contributed by atoms with E-state index in [0.717, 1.165) is 0 Å². The molecule has 0 aromatic heterocycles. The van der Waals surface area contributed by atoms with Crippen LogP contribution in [0.25, 0.3) is 0 Å². The van der Waals surface area contributed by atoms with E-state index in [9.17, 15) is 19.7 Å². The average molecular weight is 208 g/mol. The number of imide groups is 1. The molecule has 1 aromatic rings. The summed E-state index contributed by atoms with van der Waals surface area (Å²) in [4.78, 5) is 31.5. The van der Waals surface area contributed by atoms with Crippen molar-refractivity contribution in [2.45, 2.75) is 6.92 Å². The first-order valence-electron chi connectivity index (χ1n) is 4.07. The summed E-state index contributed by atoms with van der Waals surface area (Å²) in [6.07, 6.45) is 0. The SMILES string of the molecule is CC(=O)NC(=O)c1ccc([N+](=O)[O-])cc1. The number of nitrogens with zero attached hydrogens (tertiary/aromatic N) is 1. The molecular weight excluding hydrogens is 200 g/mol. The largest absolute Gasteiger partial charge is 0.293 e. The molecule has 15 heavy (non-hydrogen) atoms. The van der Waals surface area contributed by atoms with E-state index < -0.39 is 16.7 Å². The minimum absolute atomic E-state index is 0.102. The van der Waals surface area contributed by atoms with Crippen LogP contribution in [0.5, 0.6) is 0 Å². The molecule has 0 aliphatic heterocycles. The molecule has 0 saturated carbocycles. The van der Waals surface area contributed by atoms with E-state index in [4.69, 9.17) is 0 Å². The number of hydrogen-bond donors (Lipinski definition) is 1. The molecule has 0 fully saturated rings. The fourth-order valence-electron chi connectivity index (χ4n) is 0.967. The number of nitrogens with one attached hydrogen (secondary N) is 1. The Morgan fingerprint density at radius 2 is 1.80 bits per heavy atom. The molecule has 0 heterocycles. The van der Waals surface area contributed by atoms with Crippen LogP contribution >= 0.6 is 0 Å². The van der Waals surface area contributed by atoms with Crippen molar-refractivity contribution in [3.63, 3.8) is 0 Å². The maximum atomic E-state index is 11.2. The topological polar surface area (TPSA) is 89.3 Å². The van der Waals surface area contributed by atoms with Gasteiger partial charge in [-0.05, 0) is 12.1 Å². The van der Waals surface area contributed by atoms with Gasteiger partial charge in [0.25, 0.3) is 11.6 Å². The lowest BCUT2D eigenvalue weighted by atomic mass is 10.2. The van der Waals surface area contributed by atoms with E-state index in [1.807, 2.05) is 0 Å². The Morgan fingerprint density at radius 3 is 2.20 bits per heavy atom. The fraction of sp³-hybridized carbons (Fsp3) is 0.111. The molecule has 1 rings (SSSR count). The van der Waals surface area contributed by atoms with Gasteiger partial charge in [0, 0.05) is 24.6 Å². The van der Waals surface area contributed by atoms with E-state index in [1.165, 1.54) is 31.2 Å². The van der Waals surface area contributed by atoms with Gasteiger partial charge in [0.15, 0.2) is 0 Å². The van der Waals surface area contributed by atoms with Gasteiger partial charge in [0.05, 0.1) is 4.92 Å². The number of non-ortho nitro benzene ring substituents is 1. The van der Waals surface area contributed by atoms with Crippen LogP contribution < -0.4 is 5.32 Å². The van der Waals surface area contributed by atoms with Crippen molar-refractivity contribution in [3.05, 3.63) is 39.9 Å². The predicted molar refractivity (Wildman–Crippen MR) is 51.2 cm³/mol. The Balaban J connectivity index is 2.84. The van der Waals surface area contributed by atoms with Gasteiger partial charge in [-0.15, -0.1) is 0 Å². The summed E-state index contributed by atoms with van der Waals surface area (Å²) in [5.74, 6) is -1.05. The zero-order chi connectivity index (χ0) is 11.4. The zero-order valence-electron chi connectivity index (χ0n) is 7.89. The van der Waals surface area contributed by atoms with E-state index in [-0.39, 0.29) is 11.3 Å². The quantitative estimate of drug-likeness (QED) is 0.576. The Labute approximate surface area is 85.1 Å². The van der Waals surface area contributed by atoms with Crippen LogP contribution in [0.1, 0.15) is 17.3 Å². The lowest BCUT2D eigenvalue weighted by Gasteiger charge is -1.99. The standard InChI is InChI=1S/C9H8N2O4/c1-6(12)10-9(13)7-2-4-8(5-3-7)11(14)15/h2-5H,1H3,(H,10,12,13). The number of amides is 2. The van der Waals surface area contributed by atoms with Crippen LogP contribution in [0.15, 0.2) is 24.3 Å². The Hall–Kier alpha value is -2.24. The van der Waals surface area contributed by atoms with Crippen LogP contribution in [-0.4, -0.2) is 16.7 Å². The van der Waals surface area contributed by atoms with E-state index >= 15 is 0 Å². The lowest BCUT2D eigenvalue weighted by molar-refractivity contribution is -0.384. The van der Waals surface area contributed by atoms with Crippen molar-refractivity contribution in [1.82, 2.24) is 5.32 Å². The van der Waals surface area contributed by atoms with Gasteiger partial charge in [-0.2, -0.15) is 0 Å². The van der Waals surface area contributed by atoms with Gasteiger partial charge in [-0.25, -0.2) is 0 Å². The second-order valence-corrected chi connectivity index (χ2v) is 2.81. The molecule has 0 spiro atoms. The molecule has 0 bridgehead atoms. The average Bonchev–Trinajstić information content (AvgIpc) is 2.17. The first-order chi connectivity index (χ1) is 7.00. The normalized spacial score (nSPS) is 9.40. The molecule has 0 radical (unpaired) electrons. The molecule has 1 aromatic carbocycles. The summed E-state index contributed by atoms with van der Waals surface area (Å²) in [5, 5.41) is 12.4. The summed E-state index contributed by atoms with van der Waals surface area (Å²) in [5.41, 5.74) is 0.102. The van der Waals surface area contributed by atoms with Crippen molar-refractivity contribution in [2.75, 3.05) is 0 Å². The Bertz CT molecular complexity index is 411. The molecular formula is C9H8N2O4. The Kier molecular flexibility index (Phi) is 3.12. The molecule has 0 aliphatic carbocycles. The lowest BCUT2D eigenvalue weighted by Crippen LogP contribution is -2.27. The number of nitro groups is 1. The highest BCUT2D eigenvalue weighted by Gasteiger charge is 2.09. The molecule has 1 N–H and O–H groups in total. The van der Waals surface area contributed by atoms with Crippen LogP contribution in [0, 0.1) is 10.1 Å². The highest BCUT2D eigenvalue weighted by atomic mass is 16.6. The van der Waals surface area contributed by atoms with Gasteiger partial charge < -0.3 is 0 Å². The monoisotopic (exact) mass is 208 g/mol. The van der Waals surface area contributed by atoms with Crippen molar-refractivity contribution in [2.24, 2.45) is 0 Å². The Morgan fingerprint density at radius 1 is 1.27 bits per heavy atom. The number of carbonyl (C=O) groups is 2. The zero-order valence-corrected chi connectivity index (χ0v) is 7.89. The summed E-state index contributed by atoms with van der Waals surface area (Å²) < 4.78 is 0. The molecule has 6 nitrogen and oxygen atoms in total. The van der Waals surface area contributed by atoms with E-state index in [1.54, 1.807) is 0 Å². The van der Waals surface area contributed by atoms with Crippen molar-refractivity contribution in [3.8, 4) is 0 Å². The number of rotatable bonds is 2. The number of benzene rings is 1. The second kappa shape index (κ2) is 4.32. The van der Waals surface area contributed by atoms with Crippen molar-refractivity contribution >= 4 is 17.5 Å². The number of nitro benzene ring substituents is 1. The third-order valence-electron chi connectivity index (χ3n) is 1.63. The predicted octanol–water partition coefficient (Wildman–Crippen LogP) is 0.871. The second-order valence-electron chi connectivity index (χ2n) is 2.81. The maximum Gasteiger partial charge on any atom is 0.269 e. The highest BCUT2D eigenvalue weighted by molar-refractivity contribution is 6.04. The van der Waals surface area contributed by atoms with E-state index in [2.05, 4.69) is 5.32 Å². The van der Waals surface area contributed by atoms with Gasteiger partial charge in [-0.3, -0.25) is 25.0 Å². The maximum absolute atomic E-state index is 11.2. The molecule has 0 aliphatic rings. The molecule has 78 valence electrons. The fourth-order valence-corrected chi connectivity index (χ4v) is 0.967. The molecule has 0 atom stereocenters. The molecule has 0 unspecified atom stereocenters. The van der Waals surface area contributed by atoms with Gasteiger partial charge in [0.2, 0.25) is 5.91 Å². The first-order valence-corrected chi connectivity index (χ1v) is 4.07. The van der Waals surface area contributed by atoms with Crippen LogP contribution in [0.3, 0.4) is 0 Å².